The van der Waals surface area contributed by atoms with Crippen LogP contribution >= 0.6 is 11.8 Å². The lowest BCUT2D eigenvalue weighted by Crippen LogP contribution is -2.42. The van der Waals surface area contributed by atoms with Crippen LogP contribution in [0.5, 0.6) is 0 Å². The largest absolute Gasteiger partial charge is 0.376 e. The molecule has 6 nitrogen and oxygen atoms in total. The molecular formula is C15H19N3O3S. The van der Waals surface area contributed by atoms with Crippen molar-refractivity contribution in [2.24, 2.45) is 0 Å². The first-order chi connectivity index (χ1) is 10.6. The van der Waals surface area contributed by atoms with Gasteiger partial charge in [0.05, 0.1) is 17.0 Å². The monoisotopic (exact) mass is 321 g/mol. The van der Waals surface area contributed by atoms with E-state index in [0.29, 0.717) is 6.54 Å². The Kier molecular flexibility index (Phi) is 4.63. The molecule has 0 saturated carbocycles. The molecule has 0 aliphatic carbocycles. The highest BCUT2D eigenvalue weighted by atomic mass is 32.2. The highest BCUT2D eigenvalue weighted by Crippen LogP contribution is 2.37. The van der Waals surface area contributed by atoms with Gasteiger partial charge in [-0.25, -0.2) is 4.98 Å². The first-order valence-corrected chi connectivity index (χ1v) is 8.30. The van der Waals surface area contributed by atoms with Gasteiger partial charge in [-0.3, -0.25) is 9.59 Å². The van der Waals surface area contributed by atoms with E-state index in [0.717, 1.165) is 30.2 Å². The first-order valence-electron chi connectivity index (χ1n) is 7.42. The average molecular weight is 321 g/mol. The first kappa shape index (κ1) is 15.3. The summed E-state index contributed by atoms with van der Waals surface area (Å²) in [4.78, 5) is 30.3. The minimum Gasteiger partial charge on any atom is -0.376 e. The summed E-state index contributed by atoms with van der Waals surface area (Å²) < 4.78 is 5.47. The third kappa shape index (κ3) is 3.25. The molecule has 3 rings (SSSR count). The molecule has 1 saturated heterocycles. The standard InChI is InChI=1S/C15H19N3O3S/c1-18-11-5-2-6-16-14(11)22-12(15(18)20)8-13(19)17-9-10-4-3-7-21-10/h2,5-6,10,12H,3-4,7-9H2,1H3,(H,17,19). The number of hydrogen-bond donors (Lipinski definition) is 1. The SMILES string of the molecule is CN1C(=O)C(CC(=O)NCC2CCCO2)Sc2ncccc21. The van der Waals surface area contributed by atoms with Crippen molar-refractivity contribution in [3.8, 4) is 0 Å². The Hall–Kier alpha value is -1.60. The van der Waals surface area contributed by atoms with E-state index in [1.807, 2.05) is 6.07 Å². The van der Waals surface area contributed by atoms with E-state index in [-0.39, 0.29) is 24.3 Å². The summed E-state index contributed by atoms with van der Waals surface area (Å²) in [5, 5.41) is 3.24. The van der Waals surface area contributed by atoms with Gasteiger partial charge >= 0.3 is 0 Å². The fourth-order valence-corrected chi connectivity index (χ4v) is 3.86. The number of hydrogen-bond acceptors (Lipinski definition) is 5. The number of anilines is 1. The van der Waals surface area contributed by atoms with Gasteiger partial charge < -0.3 is 15.0 Å². The molecule has 22 heavy (non-hydrogen) atoms. The molecule has 0 spiro atoms. The number of rotatable bonds is 4. The molecule has 2 aliphatic rings. The van der Waals surface area contributed by atoms with E-state index in [9.17, 15) is 9.59 Å². The third-order valence-electron chi connectivity index (χ3n) is 3.89. The number of aromatic nitrogens is 1. The highest BCUT2D eigenvalue weighted by Gasteiger charge is 2.33. The van der Waals surface area contributed by atoms with Crippen LogP contribution in [-0.2, 0) is 14.3 Å². The third-order valence-corrected chi connectivity index (χ3v) is 5.08. The molecule has 0 aromatic carbocycles. The lowest BCUT2D eigenvalue weighted by Gasteiger charge is -2.29. The molecule has 2 atom stereocenters. The summed E-state index contributed by atoms with van der Waals surface area (Å²) in [6, 6.07) is 3.67. The number of pyridine rings is 1. The number of ether oxygens (including phenoxy) is 1. The van der Waals surface area contributed by atoms with Crippen molar-refractivity contribution >= 4 is 29.3 Å². The lowest BCUT2D eigenvalue weighted by molar-refractivity contribution is -0.125. The van der Waals surface area contributed by atoms with Crippen LogP contribution in [0.3, 0.4) is 0 Å². The van der Waals surface area contributed by atoms with Crippen LogP contribution < -0.4 is 10.2 Å². The molecule has 1 aromatic heterocycles. The molecule has 1 aromatic rings. The van der Waals surface area contributed by atoms with Gasteiger partial charge in [0.1, 0.15) is 5.03 Å². The second-order valence-corrected chi connectivity index (χ2v) is 6.67. The topological polar surface area (TPSA) is 71.5 Å². The fourth-order valence-electron chi connectivity index (χ4n) is 2.65. The van der Waals surface area contributed by atoms with Crippen molar-refractivity contribution in [3.63, 3.8) is 0 Å². The van der Waals surface area contributed by atoms with Gasteiger partial charge in [-0.05, 0) is 25.0 Å². The van der Waals surface area contributed by atoms with Crippen molar-refractivity contribution in [2.75, 3.05) is 25.1 Å². The average Bonchev–Trinajstić information content (AvgIpc) is 3.04. The fraction of sp³-hybridized carbons (Fsp3) is 0.533. The summed E-state index contributed by atoms with van der Waals surface area (Å²) in [5.41, 5.74) is 0.800. The second-order valence-electron chi connectivity index (χ2n) is 5.47. The Morgan fingerprint density at radius 1 is 1.59 bits per heavy atom. The van der Waals surface area contributed by atoms with E-state index in [4.69, 9.17) is 4.74 Å². The Labute approximate surface area is 133 Å². The van der Waals surface area contributed by atoms with Crippen molar-refractivity contribution < 1.29 is 14.3 Å². The molecule has 1 N–H and O–H groups in total. The van der Waals surface area contributed by atoms with E-state index in [1.54, 1.807) is 24.2 Å². The molecule has 2 unspecified atom stereocenters. The van der Waals surface area contributed by atoms with Crippen LogP contribution in [0.4, 0.5) is 5.69 Å². The zero-order chi connectivity index (χ0) is 15.5. The summed E-state index contributed by atoms with van der Waals surface area (Å²) in [6.45, 7) is 1.29. The van der Waals surface area contributed by atoms with Gasteiger partial charge in [-0.1, -0.05) is 11.8 Å². The summed E-state index contributed by atoms with van der Waals surface area (Å²) in [5.74, 6) is -0.174. The highest BCUT2D eigenvalue weighted by molar-refractivity contribution is 8.00. The maximum atomic E-state index is 12.4. The zero-order valence-corrected chi connectivity index (χ0v) is 13.3. The Bertz CT molecular complexity index is 575. The summed E-state index contributed by atoms with van der Waals surface area (Å²) in [7, 11) is 1.72. The van der Waals surface area contributed by atoms with Crippen LogP contribution in [0.2, 0.25) is 0 Å². The number of nitrogens with one attached hydrogen (secondary N) is 1. The number of thioether (sulfide) groups is 1. The van der Waals surface area contributed by atoms with Crippen molar-refractivity contribution in [3.05, 3.63) is 18.3 Å². The van der Waals surface area contributed by atoms with E-state index in [2.05, 4.69) is 10.3 Å². The Morgan fingerprint density at radius 2 is 2.45 bits per heavy atom. The predicted octanol–water partition coefficient (Wildman–Crippen LogP) is 1.20. The quantitative estimate of drug-likeness (QED) is 0.902. The van der Waals surface area contributed by atoms with Gasteiger partial charge in [-0.15, -0.1) is 0 Å². The smallest absolute Gasteiger partial charge is 0.240 e. The van der Waals surface area contributed by atoms with Crippen molar-refractivity contribution in [1.29, 1.82) is 0 Å². The number of carbonyl (C=O) groups excluding carboxylic acids is 2. The minimum absolute atomic E-state index is 0.0576. The predicted molar refractivity (Wildman–Crippen MR) is 83.9 cm³/mol. The summed E-state index contributed by atoms with van der Waals surface area (Å²) in [6.07, 6.45) is 4.01. The molecule has 7 heteroatoms. The molecule has 2 aliphatic heterocycles. The normalized spacial score (nSPS) is 24.2. The number of carbonyl (C=O) groups is 2. The molecule has 0 bridgehead atoms. The van der Waals surface area contributed by atoms with Gasteiger partial charge in [-0.2, -0.15) is 0 Å². The maximum Gasteiger partial charge on any atom is 0.240 e. The zero-order valence-electron chi connectivity index (χ0n) is 12.4. The molecule has 0 radical (unpaired) electrons. The van der Waals surface area contributed by atoms with Gasteiger partial charge in [0.15, 0.2) is 0 Å². The Morgan fingerprint density at radius 3 is 3.23 bits per heavy atom. The van der Waals surface area contributed by atoms with Crippen LogP contribution in [0, 0.1) is 0 Å². The van der Waals surface area contributed by atoms with Gasteiger partial charge in [0, 0.05) is 32.8 Å². The van der Waals surface area contributed by atoms with Crippen LogP contribution in [0.1, 0.15) is 19.3 Å². The molecule has 3 heterocycles. The maximum absolute atomic E-state index is 12.4. The molecule has 1 fully saturated rings. The van der Waals surface area contributed by atoms with E-state index >= 15 is 0 Å². The summed E-state index contributed by atoms with van der Waals surface area (Å²) >= 11 is 1.36. The van der Waals surface area contributed by atoms with Gasteiger partial charge in [0.25, 0.3) is 0 Å². The van der Waals surface area contributed by atoms with Crippen LogP contribution in [-0.4, -0.2) is 48.4 Å². The Balaban J connectivity index is 1.58. The molecular weight excluding hydrogens is 302 g/mol. The van der Waals surface area contributed by atoms with Crippen molar-refractivity contribution in [2.45, 2.75) is 35.6 Å². The number of nitrogens with zero attached hydrogens (tertiary/aromatic N) is 2. The minimum atomic E-state index is -0.420. The lowest BCUT2D eigenvalue weighted by atomic mass is 10.2. The van der Waals surface area contributed by atoms with Crippen molar-refractivity contribution in [1.82, 2.24) is 10.3 Å². The van der Waals surface area contributed by atoms with E-state index in [1.165, 1.54) is 11.8 Å². The van der Waals surface area contributed by atoms with E-state index < -0.39 is 5.25 Å². The number of fused-ring (bicyclic) bond motifs is 1. The molecule has 118 valence electrons. The van der Waals surface area contributed by atoms with Gasteiger partial charge in [0.2, 0.25) is 11.8 Å². The number of amides is 2. The van der Waals surface area contributed by atoms with Crippen LogP contribution in [0.25, 0.3) is 0 Å². The van der Waals surface area contributed by atoms with Crippen LogP contribution in [0.15, 0.2) is 23.4 Å². The molecule has 2 amide bonds. The second kappa shape index (κ2) is 6.66.